The third-order valence-corrected chi connectivity index (χ3v) is 5.72. The molecule has 1 aliphatic heterocycles. The van der Waals surface area contributed by atoms with Crippen molar-refractivity contribution in [1.82, 2.24) is 15.1 Å². The molecule has 0 radical (unpaired) electrons. The zero-order chi connectivity index (χ0) is 19.3. The van der Waals surface area contributed by atoms with Crippen molar-refractivity contribution in [3.63, 3.8) is 0 Å². The molecule has 1 aliphatic carbocycles. The van der Waals surface area contributed by atoms with Crippen LogP contribution in [0.15, 0.2) is 36.4 Å². The number of nitrogens with zero attached hydrogens (tertiary/aromatic N) is 2. The average molecular weight is 370 g/mol. The van der Waals surface area contributed by atoms with Crippen LogP contribution in [-0.4, -0.2) is 60.4 Å². The molecule has 2 fully saturated rings. The molecule has 0 aromatic heterocycles. The lowest BCUT2D eigenvalue weighted by Gasteiger charge is -2.36. The van der Waals surface area contributed by atoms with Gasteiger partial charge in [0.15, 0.2) is 0 Å². The van der Waals surface area contributed by atoms with E-state index in [0.717, 1.165) is 26.1 Å². The molecule has 1 saturated carbocycles. The molecule has 0 spiro atoms. The summed E-state index contributed by atoms with van der Waals surface area (Å²) in [5, 5.41) is 3.00. The summed E-state index contributed by atoms with van der Waals surface area (Å²) < 4.78 is 0. The second kappa shape index (κ2) is 8.70. The van der Waals surface area contributed by atoms with Gasteiger partial charge in [-0.25, -0.2) is 0 Å². The normalized spacial score (nSPS) is 20.4. The van der Waals surface area contributed by atoms with Crippen LogP contribution in [0, 0.1) is 5.41 Å². The SMILES string of the molecule is CCC(C)NC(=O)C1(C(=O)N2CCN(C/C=C/c3ccccc3)CC2)CC1. The Labute approximate surface area is 162 Å². The van der Waals surface area contributed by atoms with Gasteiger partial charge in [0, 0.05) is 38.8 Å². The summed E-state index contributed by atoms with van der Waals surface area (Å²) in [5.74, 6) is -0.0437. The van der Waals surface area contributed by atoms with Crippen molar-refractivity contribution in [1.29, 1.82) is 0 Å². The van der Waals surface area contributed by atoms with E-state index in [0.29, 0.717) is 25.9 Å². The Kier molecular flexibility index (Phi) is 6.32. The number of nitrogens with one attached hydrogen (secondary N) is 1. The molecule has 1 N–H and O–H groups in total. The Morgan fingerprint density at radius 2 is 1.81 bits per heavy atom. The highest BCUT2D eigenvalue weighted by Gasteiger charge is 2.58. The van der Waals surface area contributed by atoms with Gasteiger partial charge >= 0.3 is 0 Å². The summed E-state index contributed by atoms with van der Waals surface area (Å²) in [6.45, 7) is 8.03. The average Bonchev–Trinajstić information content (AvgIpc) is 3.51. The van der Waals surface area contributed by atoms with Crippen molar-refractivity contribution in [3.8, 4) is 0 Å². The molecule has 5 nitrogen and oxygen atoms in total. The molecule has 1 atom stereocenters. The Hall–Kier alpha value is -2.14. The topological polar surface area (TPSA) is 52.7 Å². The van der Waals surface area contributed by atoms with E-state index in [1.165, 1.54) is 5.56 Å². The molecule has 146 valence electrons. The Bertz CT molecular complexity index is 674. The van der Waals surface area contributed by atoms with Crippen LogP contribution in [-0.2, 0) is 9.59 Å². The zero-order valence-corrected chi connectivity index (χ0v) is 16.5. The fraction of sp³-hybridized carbons (Fsp3) is 0.545. The van der Waals surface area contributed by atoms with E-state index in [9.17, 15) is 9.59 Å². The van der Waals surface area contributed by atoms with E-state index in [2.05, 4.69) is 34.5 Å². The van der Waals surface area contributed by atoms with E-state index in [-0.39, 0.29) is 17.9 Å². The fourth-order valence-corrected chi connectivity index (χ4v) is 3.47. The van der Waals surface area contributed by atoms with Crippen molar-refractivity contribution in [2.45, 2.75) is 39.2 Å². The molecule has 5 heteroatoms. The highest BCUT2D eigenvalue weighted by molar-refractivity contribution is 6.08. The number of hydrogen-bond donors (Lipinski definition) is 1. The molecule has 1 aromatic carbocycles. The first-order valence-corrected chi connectivity index (χ1v) is 10.1. The van der Waals surface area contributed by atoms with Crippen LogP contribution in [0.4, 0.5) is 0 Å². The highest BCUT2D eigenvalue weighted by Crippen LogP contribution is 2.47. The number of hydrogen-bond acceptors (Lipinski definition) is 3. The second-order valence-electron chi connectivity index (χ2n) is 7.77. The third-order valence-electron chi connectivity index (χ3n) is 5.72. The summed E-state index contributed by atoms with van der Waals surface area (Å²) in [6, 6.07) is 10.4. The van der Waals surface area contributed by atoms with Crippen molar-refractivity contribution < 1.29 is 9.59 Å². The van der Waals surface area contributed by atoms with Crippen LogP contribution in [0.25, 0.3) is 6.08 Å². The summed E-state index contributed by atoms with van der Waals surface area (Å²) in [5.41, 5.74) is 0.424. The minimum Gasteiger partial charge on any atom is -0.353 e. The molecular formula is C22H31N3O2. The number of benzene rings is 1. The number of rotatable bonds is 7. The first kappa shape index (κ1) is 19.6. The van der Waals surface area contributed by atoms with E-state index in [1.54, 1.807) is 0 Å². The third kappa shape index (κ3) is 4.78. The van der Waals surface area contributed by atoms with Crippen molar-refractivity contribution >= 4 is 17.9 Å². The maximum atomic E-state index is 12.9. The number of carbonyl (C=O) groups is 2. The molecule has 0 bridgehead atoms. The minimum absolute atomic E-state index is 0.0304. The lowest BCUT2D eigenvalue weighted by molar-refractivity contribution is -0.145. The molecule has 27 heavy (non-hydrogen) atoms. The molecule has 1 unspecified atom stereocenters. The van der Waals surface area contributed by atoms with Crippen LogP contribution >= 0.6 is 0 Å². The van der Waals surface area contributed by atoms with Gasteiger partial charge in [0.1, 0.15) is 5.41 Å². The lowest BCUT2D eigenvalue weighted by Crippen LogP contribution is -2.53. The summed E-state index contributed by atoms with van der Waals surface area (Å²) >= 11 is 0. The fourth-order valence-electron chi connectivity index (χ4n) is 3.47. The lowest BCUT2D eigenvalue weighted by atomic mass is 10.0. The van der Waals surface area contributed by atoms with Gasteiger partial charge in [-0.05, 0) is 31.7 Å². The van der Waals surface area contributed by atoms with E-state index < -0.39 is 5.41 Å². The number of piperazine rings is 1. The first-order chi connectivity index (χ1) is 13.0. The van der Waals surface area contributed by atoms with Crippen LogP contribution in [0.3, 0.4) is 0 Å². The second-order valence-corrected chi connectivity index (χ2v) is 7.77. The van der Waals surface area contributed by atoms with Crippen LogP contribution in [0.1, 0.15) is 38.7 Å². The standard InChI is InChI=1S/C22H31N3O2/c1-3-18(2)23-20(26)22(11-12-22)21(27)25-16-14-24(15-17-25)13-7-10-19-8-5-4-6-9-19/h4-10,18H,3,11-17H2,1-2H3,(H,23,26)/b10-7+. The van der Waals surface area contributed by atoms with Gasteiger partial charge in [0.25, 0.3) is 0 Å². The van der Waals surface area contributed by atoms with Gasteiger partial charge in [-0.1, -0.05) is 49.4 Å². The van der Waals surface area contributed by atoms with Gasteiger partial charge in [0.05, 0.1) is 0 Å². The van der Waals surface area contributed by atoms with E-state index >= 15 is 0 Å². The summed E-state index contributed by atoms with van der Waals surface area (Å²) in [4.78, 5) is 29.7. The van der Waals surface area contributed by atoms with E-state index in [4.69, 9.17) is 0 Å². The Morgan fingerprint density at radius 1 is 1.15 bits per heavy atom. The molecule has 2 amide bonds. The minimum atomic E-state index is -0.779. The number of carbonyl (C=O) groups excluding carboxylic acids is 2. The van der Waals surface area contributed by atoms with Gasteiger partial charge in [-0.3, -0.25) is 14.5 Å². The summed E-state index contributed by atoms with van der Waals surface area (Å²) in [7, 11) is 0. The Balaban J connectivity index is 1.47. The van der Waals surface area contributed by atoms with Crippen molar-refractivity contribution in [2.24, 2.45) is 5.41 Å². The quantitative estimate of drug-likeness (QED) is 0.752. The zero-order valence-electron chi connectivity index (χ0n) is 16.5. The smallest absolute Gasteiger partial charge is 0.238 e. The molecule has 1 aromatic rings. The first-order valence-electron chi connectivity index (χ1n) is 10.1. The van der Waals surface area contributed by atoms with Gasteiger partial charge < -0.3 is 10.2 Å². The summed E-state index contributed by atoms with van der Waals surface area (Å²) in [6.07, 6.45) is 6.57. The maximum absolute atomic E-state index is 12.9. The predicted molar refractivity (Wildman–Crippen MR) is 108 cm³/mol. The Morgan fingerprint density at radius 3 is 2.41 bits per heavy atom. The largest absolute Gasteiger partial charge is 0.353 e. The molecule has 3 rings (SSSR count). The predicted octanol–water partition coefficient (Wildman–Crippen LogP) is 2.54. The van der Waals surface area contributed by atoms with Crippen molar-refractivity contribution in [3.05, 3.63) is 42.0 Å². The van der Waals surface area contributed by atoms with Crippen LogP contribution in [0.2, 0.25) is 0 Å². The molecular weight excluding hydrogens is 338 g/mol. The molecule has 1 heterocycles. The van der Waals surface area contributed by atoms with Crippen molar-refractivity contribution in [2.75, 3.05) is 32.7 Å². The molecule has 1 saturated heterocycles. The highest BCUT2D eigenvalue weighted by atomic mass is 16.2. The monoisotopic (exact) mass is 369 g/mol. The maximum Gasteiger partial charge on any atom is 0.238 e. The van der Waals surface area contributed by atoms with Gasteiger partial charge in [0.2, 0.25) is 11.8 Å². The van der Waals surface area contributed by atoms with Crippen LogP contribution in [0.5, 0.6) is 0 Å². The molecule has 2 aliphatic rings. The van der Waals surface area contributed by atoms with Crippen LogP contribution < -0.4 is 5.32 Å². The van der Waals surface area contributed by atoms with E-state index in [1.807, 2.05) is 36.9 Å². The van der Waals surface area contributed by atoms with Gasteiger partial charge in [-0.2, -0.15) is 0 Å². The van der Waals surface area contributed by atoms with Gasteiger partial charge in [-0.15, -0.1) is 0 Å². The number of amides is 2.